The average molecular weight is 738 g/mol. The second-order valence-corrected chi connectivity index (χ2v) is 15.2. The van der Waals surface area contributed by atoms with Crippen molar-refractivity contribution in [1.29, 1.82) is 0 Å². The van der Waals surface area contributed by atoms with Crippen molar-refractivity contribution in [3.8, 4) is 10.4 Å². The Hall–Kier alpha value is -4.81. The number of hydrogen-bond donors (Lipinski definition) is 3. The molecule has 8 rings (SSSR count). The lowest BCUT2D eigenvalue weighted by Crippen LogP contribution is -2.59. The van der Waals surface area contributed by atoms with E-state index in [1.807, 2.05) is 43.3 Å². The number of ether oxygens (including phenoxy) is 1. The van der Waals surface area contributed by atoms with Crippen LogP contribution >= 0.6 is 22.9 Å². The Labute approximate surface area is 310 Å². The Bertz CT molecular complexity index is 2140. The largest absolute Gasteiger partial charge is 0.381 e. The number of pyridine rings is 1. The Morgan fingerprint density at radius 2 is 1.81 bits per heavy atom. The maximum atomic E-state index is 14.5. The van der Waals surface area contributed by atoms with Crippen LogP contribution < -0.4 is 20.4 Å². The number of aliphatic hydroxyl groups excluding tert-OH is 1. The van der Waals surface area contributed by atoms with Gasteiger partial charge in [0.1, 0.15) is 11.6 Å². The van der Waals surface area contributed by atoms with Gasteiger partial charge in [0.05, 0.1) is 26.8 Å². The predicted molar refractivity (Wildman–Crippen MR) is 203 cm³/mol. The van der Waals surface area contributed by atoms with Crippen LogP contribution in [-0.4, -0.2) is 54.8 Å². The van der Waals surface area contributed by atoms with E-state index in [1.54, 1.807) is 35.4 Å². The van der Waals surface area contributed by atoms with Crippen LogP contribution in [0.3, 0.4) is 0 Å². The minimum absolute atomic E-state index is 0.0114. The number of benzene rings is 3. The van der Waals surface area contributed by atoms with E-state index in [9.17, 15) is 19.1 Å². The molecule has 3 aliphatic heterocycles. The van der Waals surface area contributed by atoms with Gasteiger partial charge in [0.15, 0.2) is 6.23 Å². The number of thiophene rings is 1. The fourth-order valence-electron chi connectivity index (χ4n) is 7.42. The van der Waals surface area contributed by atoms with Crippen molar-refractivity contribution in [3.63, 3.8) is 0 Å². The normalized spacial score (nSPS) is 16.7. The van der Waals surface area contributed by atoms with Gasteiger partial charge in [-0.25, -0.2) is 9.37 Å². The van der Waals surface area contributed by atoms with E-state index in [0.29, 0.717) is 40.6 Å². The average Bonchev–Trinajstić information content (AvgIpc) is 3.46. The minimum atomic E-state index is -1.34. The lowest BCUT2D eigenvalue weighted by Gasteiger charge is -2.53. The Balaban J connectivity index is 0.971. The predicted octanol–water partition coefficient (Wildman–Crippen LogP) is 8.09. The molecule has 2 amide bonds. The van der Waals surface area contributed by atoms with Crippen molar-refractivity contribution in [3.05, 3.63) is 124 Å². The molecule has 0 radical (unpaired) electrons. The van der Waals surface area contributed by atoms with E-state index in [0.717, 1.165) is 66.4 Å². The number of hydrogen-bond acceptors (Lipinski definition) is 8. The van der Waals surface area contributed by atoms with Crippen LogP contribution in [0.25, 0.3) is 10.4 Å². The molecule has 52 heavy (non-hydrogen) atoms. The number of amides is 2. The summed E-state index contributed by atoms with van der Waals surface area (Å²) in [6, 6.07) is 22.8. The number of carbonyl (C=O) groups is 2. The van der Waals surface area contributed by atoms with Crippen LogP contribution in [0, 0.1) is 18.2 Å². The highest BCUT2D eigenvalue weighted by Crippen LogP contribution is 2.45. The van der Waals surface area contributed by atoms with Gasteiger partial charge in [-0.3, -0.25) is 9.59 Å². The van der Waals surface area contributed by atoms with Gasteiger partial charge >= 0.3 is 0 Å². The lowest BCUT2D eigenvalue weighted by molar-refractivity contribution is -0.000510. The summed E-state index contributed by atoms with van der Waals surface area (Å²) in [4.78, 5) is 37.2. The Morgan fingerprint density at radius 1 is 1.04 bits per heavy atom. The van der Waals surface area contributed by atoms with Crippen molar-refractivity contribution in [2.45, 2.75) is 32.4 Å². The standard InChI is InChI=1S/C40H37ClFN5O4S/c1-24-19-29(36(43-21-24)46-22-40(23-46)14-17-51-18-15-40)37(48)44-27-11-9-25(10-12-27)39(50)47-16-13-26-20-33(52-35(26)28-5-2-3-8-32(28)47)45-38(49)34-30(41)6-4-7-31(34)42/h2-12,19-21,38,45,49H,13-18,22-23H2,1H3,(H,44,48). The molecule has 1 atom stereocenters. The fourth-order valence-corrected chi connectivity index (χ4v) is 8.86. The molecular weight excluding hydrogens is 701 g/mol. The van der Waals surface area contributed by atoms with E-state index in [4.69, 9.17) is 16.3 Å². The molecule has 3 aliphatic rings. The van der Waals surface area contributed by atoms with Gasteiger partial charge < -0.3 is 30.3 Å². The first-order valence-corrected chi connectivity index (χ1v) is 18.5. The molecule has 2 aromatic heterocycles. The second-order valence-electron chi connectivity index (χ2n) is 13.8. The van der Waals surface area contributed by atoms with Crippen molar-refractivity contribution >= 4 is 56.9 Å². The first kappa shape index (κ1) is 34.3. The Kier molecular flexibility index (Phi) is 9.21. The Morgan fingerprint density at radius 3 is 2.58 bits per heavy atom. The van der Waals surface area contributed by atoms with E-state index < -0.39 is 12.0 Å². The van der Waals surface area contributed by atoms with Crippen LogP contribution in [0.2, 0.25) is 5.02 Å². The van der Waals surface area contributed by atoms with Crippen LogP contribution in [-0.2, 0) is 11.2 Å². The number of aryl methyl sites for hydroxylation is 1. The van der Waals surface area contributed by atoms with E-state index in [-0.39, 0.29) is 27.8 Å². The van der Waals surface area contributed by atoms with Gasteiger partial charge in [-0.1, -0.05) is 35.9 Å². The first-order chi connectivity index (χ1) is 25.2. The van der Waals surface area contributed by atoms with E-state index >= 15 is 0 Å². The molecule has 2 fully saturated rings. The molecule has 3 N–H and O–H groups in total. The second kappa shape index (κ2) is 14.0. The SMILES string of the molecule is Cc1cnc(N2CC3(CCOCC3)C2)c(C(=O)Nc2ccc(C(=O)N3CCc4cc(NC(O)c5c(F)cccc5Cl)sc4-c4ccccc43)cc2)c1. The molecule has 1 spiro atoms. The molecule has 9 nitrogen and oxygen atoms in total. The summed E-state index contributed by atoms with van der Waals surface area (Å²) in [7, 11) is 0. The summed E-state index contributed by atoms with van der Waals surface area (Å²) in [6.07, 6.45) is 3.08. The molecule has 2 saturated heterocycles. The highest BCUT2D eigenvalue weighted by atomic mass is 35.5. The number of aromatic nitrogens is 1. The molecule has 0 aliphatic carbocycles. The van der Waals surface area contributed by atoms with Gasteiger partial charge in [-0.05, 0) is 91.9 Å². The zero-order valence-electron chi connectivity index (χ0n) is 28.5. The summed E-state index contributed by atoms with van der Waals surface area (Å²) in [6.45, 7) is 5.63. The van der Waals surface area contributed by atoms with Gasteiger partial charge in [0, 0.05) is 66.2 Å². The smallest absolute Gasteiger partial charge is 0.259 e. The van der Waals surface area contributed by atoms with Crippen molar-refractivity contribution < 1.29 is 23.8 Å². The van der Waals surface area contributed by atoms with Crippen molar-refractivity contribution in [2.75, 3.05) is 53.3 Å². The number of anilines is 4. The molecular formula is C40H37ClFN5O4S. The third-order valence-electron chi connectivity index (χ3n) is 10.2. The molecule has 5 heterocycles. The number of rotatable bonds is 7. The zero-order chi connectivity index (χ0) is 36.0. The van der Waals surface area contributed by atoms with Gasteiger partial charge in [-0.15, -0.1) is 11.3 Å². The quantitative estimate of drug-likeness (QED) is 0.145. The molecule has 3 aromatic carbocycles. The maximum absolute atomic E-state index is 14.5. The number of para-hydroxylation sites is 1. The number of halogens is 2. The number of fused-ring (bicyclic) bond motifs is 3. The third-order valence-corrected chi connectivity index (χ3v) is 11.7. The van der Waals surface area contributed by atoms with Crippen LogP contribution in [0.5, 0.6) is 0 Å². The monoisotopic (exact) mass is 737 g/mol. The molecule has 12 heteroatoms. The molecule has 1 unspecified atom stereocenters. The fraction of sp³-hybridized carbons (Fsp3) is 0.275. The van der Waals surface area contributed by atoms with E-state index in [1.165, 1.54) is 29.5 Å². The summed E-state index contributed by atoms with van der Waals surface area (Å²) >= 11 is 7.61. The molecule has 0 saturated carbocycles. The van der Waals surface area contributed by atoms with Crippen molar-refractivity contribution in [2.24, 2.45) is 5.41 Å². The summed E-state index contributed by atoms with van der Waals surface area (Å²) in [5.41, 5.74) is 5.39. The minimum Gasteiger partial charge on any atom is -0.381 e. The van der Waals surface area contributed by atoms with Gasteiger partial charge in [-0.2, -0.15) is 0 Å². The topological polar surface area (TPSA) is 107 Å². The summed E-state index contributed by atoms with van der Waals surface area (Å²) in [5.74, 6) is -0.310. The van der Waals surface area contributed by atoms with Crippen molar-refractivity contribution in [1.82, 2.24) is 4.98 Å². The van der Waals surface area contributed by atoms with Gasteiger partial charge in [0.25, 0.3) is 11.8 Å². The first-order valence-electron chi connectivity index (χ1n) is 17.3. The highest BCUT2D eigenvalue weighted by Gasteiger charge is 2.45. The number of aliphatic hydroxyl groups is 1. The highest BCUT2D eigenvalue weighted by molar-refractivity contribution is 7.19. The van der Waals surface area contributed by atoms with Crippen LogP contribution in [0.1, 0.15) is 56.5 Å². The third kappa shape index (κ3) is 6.54. The number of carbonyl (C=O) groups excluding carboxylic acids is 2. The summed E-state index contributed by atoms with van der Waals surface area (Å²) < 4.78 is 20.0. The van der Waals surface area contributed by atoms with E-state index in [2.05, 4.69) is 20.5 Å². The van der Waals surface area contributed by atoms with Gasteiger partial charge in [0.2, 0.25) is 0 Å². The molecule has 0 bridgehead atoms. The lowest BCUT2D eigenvalue weighted by atomic mass is 9.73. The molecule has 266 valence electrons. The summed E-state index contributed by atoms with van der Waals surface area (Å²) in [5, 5.41) is 17.6. The maximum Gasteiger partial charge on any atom is 0.259 e. The van der Waals surface area contributed by atoms with Crippen LogP contribution in [0.4, 0.5) is 26.6 Å². The zero-order valence-corrected chi connectivity index (χ0v) is 30.1. The van der Waals surface area contributed by atoms with Crippen LogP contribution in [0.15, 0.2) is 85.1 Å². The number of nitrogens with one attached hydrogen (secondary N) is 2. The molecule has 5 aromatic rings. The number of nitrogens with zero attached hydrogens (tertiary/aromatic N) is 3.